The molecule has 0 saturated carbocycles. The summed E-state index contributed by atoms with van der Waals surface area (Å²) in [6, 6.07) is 0. The van der Waals surface area contributed by atoms with Crippen LogP contribution in [0.1, 0.15) is 26.2 Å². The fraction of sp³-hybridized carbons (Fsp3) is 0.857. The van der Waals surface area contributed by atoms with Gasteiger partial charge < -0.3 is 10.8 Å². The van der Waals surface area contributed by atoms with E-state index in [1.165, 1.54) is 0 Å². The van der Waals surface area contributed by atoms with Crippen molar-refractivity contribution < 1.29 is 14.3 Å². The fourth-order valence-corrected chi connectivity index (χ4v) is 0.817. The van der Waals surface area contributed by atoms with Gasteiger partial charge in [-0.3, -0.25) is 9.18 Å². The molecule has 0 spiro atoms. The molecular formula is C7H14FNO2. The quantitative estimate of drug-likeness (QED) is 0.633. The lowest BCUT2D eigenvalue weighted by Gasteiger charge is -2.21. The summed E-state index contributed by atoms with van der Waals surface area (Å²) >= 11 is 0. The number of halogens is 1. The van der Waals surface area contributed by atoms with Crippen molar-refractivity contribution >= 4 is 5.97 Å². The number of nitrogens with two attached hydrogens (primary N) is 1. The third-order valence-corrected chi connectivity index (χ3v) is 1.81. The fourth-order valence-electron chi connectivity index (χ4n) is 0.817. The number of alkyl halides is 1. The highest BCUT2D eigenvalue weighted by Gasteiger charge is 2.30. The average molecular weight is 163 g/mol. The van der Waals surface area contributed by atoms with E-state index in [4.69, 9.17) is 10.8 Å². The average Bonchev–Trinajstić information content (AvgIpc) is 2.00. The van der Waals surface area contributed by atoms with Gasteiger partial charge in [0.1, 0.15) is 5.54 Å². The maximum Gasteiger partial charge on any atom is 0.323 e. The molecule has 0 saturated heterocycles. The van der Waals surface area contributed by atoms with Crippen molar-refractivity contribution in [3.63, 3.8) is 0 Å². The number of aliphatic carboxylic acids is 1. The predicted octanol–water partition coefficient (Wildman–Crippen LogP) is 0.928. The van der Waals surface area contributed by atoms with Crippen LogP contribution in [0.15, 0.2) is 0 Å². The molecule has 0 aromatic carbocycles. The number of hydrogen-bond donors (Lipinski definition) is 2. The molecule has 0 bridgehead atoms. The van der Waals surface area contributed by atoms with Gasteiger partial charge in [-0.2, -0.15) is 0 Å². The molecule has 0 radical (unpaired) electrons. The smallest absolute Gasteiger partial charge is 0.323 e. The van der Waals surface area contributed by atoms with Gasteiger partial charge in [0.25, 0.3) is 0 Å². The lowest BCUT2D eigenvalue weighted by Crippen LogP contribution is -2.47. The molecule has 3 nitrogen and oxygen atoms in total. The van der Waals surface area contributed by atoms with Crippen LogP contribution in [0.25, 0.3) is 0 Å². The Labute approximate surface area is 65.4 Å². The summed E-state index contributed by atoms with van der Waals surface area (Å²) in [6.45, 7) is 1.18. The second kappa shape index (κ2) is 4.28. The molecule has 0 aliphatic carbocycles. The SMILES string of the molecule is CCC(N)(CCCF)C(=O)O. The summed E-state index contributed by atoms with van der Waals surface area (Å²) in [5.41, 5.74) is 4.23. The van der Waals surface area contributed by atoms with Crippen molar-refractivity contribution in [1.82, 2.24) is 0 Å². The number of hydrogen-bond acceptors (Lipinski definition) is 2. The number of carboxylic acid groups (broad SMARTS) is 1. The molecule has 0 aromatic heterocycles. The Balaban J connectivity index is 3.99. The van der Waals surface area contributed by atoms with Crippen LogP contribution in [0.3, 0.4) is 0 Å². The van der Waals surface area contributed by atoms with Crippen LogP contribution in [0.5, 0.6) is 0 Å². The van der Waals surface area contributed by atoms with Gasteiger partial charge in [0, 0.05) is 0 Å². The molecule has 4 heteroatoms. The normalized spacial score (nSPS) is 15.9. The first-order valence-corrected chi connectivity index (χ1v) is 3.65. The van der Waals surface area contributed by atoms with Gasteiger partial charge in [-0.05, 0) is 19.3 Å². The van der Waals surface area contributed by atoms with Crippen molar-refractivity contribution in [3.05, 3.63) is 0 Å². The van der Waals surface area contributed by atoms with Crippen molar-refractivity contribution in [2.75, 3.05) is 6.67 Å². The second-order valence-corrected chi connectivity index (χ2v) is 2.61. The van der Waals surface area contributed by atoms with Gasteiger partial charge >= 0.3 is 5.97 Å². The maximum absolute atomic E-state index is 11.7. The summed E-state index contributed by atoms with van der Waals surface area (Å²) in [6.07, 6.45) is 0.758. The van der Waals surface area contributed by atoms with Crippen LogP contribution >= 0.6 is 0 Å². The third-order valence-electron chi connectivity index (χ3n) is 1.81. The molecule has 0 fully saturated rings. The molecule has 0 aliphatic rings. The third kappa shape index (κ3) is 2.84. The Morgan fingerprint density at radius 1 is 1.73 bits per heavy atom. The number of carboxylic acids is 1. The maximum atomic E-state index is 11.7. The van der Waals surface area contributed by atoms with Gasteiger partial charge in [0.05, 0.1) is 6.67 Å². The van der Waals surface area contributed by atoms with Gasteiger partial charge in [-0.25, -0.2) is 0 Å². The minimum Gasteiger partial charge on any atom is -0.480 e. The Hall–Kier alpha value is -0.640. The van der Waals surface area contributed by atoms with Crippen LogP contribution in [0.4, 0.5) is 4.39 Å². The monoisotopic (exact) mass is 163 g/mol. The number of carbonyl (C=O) groups is 1. The molecule has 66 valence electrons. The molecule has 0 rings (SSSR count). The van der Waals surface area contributed by atoms with E-state index in [1.807, 2.05) is 0 Å². The first-order chi connectivity index (χ1) is 5.06. The van der Waals surface area contributed by atoms with Crippen molar-refractivity contribution in [2.24, 2.45) is 5.73 Å². The first kappa shape index (κ1) is 10.4. The number of rotatable bonds is 5. The molecular weight excluding hydrogens is 149 g/mol. The molecule has 11 heavy (non-hydrogen) atoms. The van der Waals surface area contributed by atoms with Crippen molar-refractivity contribution in [3.8, 4) is 0 Å². The van der Waals surface area contributed by atoms with E-state index < -0.39 is 18.2 Å². The summed E-state index contributed by atoms with van der Waals surface area (Å²) in [7, 11) is 0. The van der Waals surface area contributed by atoms with E-state index in [0.717, 1.165) is 0 Å². The van der Waals surface area contributed by atoms with E-state index in [2.05, 4.69) is 0 Å². The molecule has 1 atom stereocenters. The highest BCUT2D eigenvalue weighted by molar-refractivity contribution is 5.78. The molecule has 0 aromatic rings. The largest absolute Gasteiger partial charge is 0.480 e. The zero-order valence-corrected chi connectivity index (χ0v) is 6.64. The molecule has 0 amide bonds. The van der Waals surface area contributed by atoms with Crippen LogP contribution in [0.2, 0.25) is 0 Å². The van der Waals surface area contributed by atoms with E-state index in [-0.39, 0.29) is 12.8 Å². The van der Waals surface area contributed by atoms with Gasteiger partial charge in [0.2, 0.25) is 0 Å². The van der Waals surface area contributed by atoms with E-state index in [1.54, 1.807) is 6.92 Å². The van der Waals surface area contributed by atoms with Crippen molar-refractivity contribution in [2.45, 2.75) is 31.7 Å². The lowest BCUT2D eigenvalue weighted by atomic mass is 9.92. The lowest BCUT2D eigenvalue weighted by molar-refractivity contribution is -0.143. The van der Waals surface area contributed by atoms with Crippen LogP contribution < -0.4 is 5.73 Å². The topological polar surface area (TPSA) is 63.3 Å². The van der Waals surface area contributed by atoms with E-state index in [0.29, 0.717) is 6.42 Å². The summed E-state index contributed by atoms with van der Waals surface area (Å²) in [5.74, 6) is -1.05. The standard InChI is InChI=1S/C7H14FNO2/c1-2-7(9,6(10)11)4-3-5-8/h2-5,9H2,1H3,(H,10,11). The predicted molar refractivity (Wildman–Crippen MR) is 40.1 cm³/mol. The van der Waals surface area contributed by atoms with E-state index in [9.17, 15) is 9.18 Å². The van der Waals surface area contributed by atoms with Crippen LogP contribution in [0, 0.1) is 0 Å². The highest BCUT2D eigenvalue weighted by Crippen LogP contribution is 2.14. The molecule has 3 N–H and O–H groups in total. The van der Waals surface area contributed by atoms with E-state index >= 15 is 0 Å². The zero-order valence-electron chi connectivity index (χ0n) is 6.64. The minimum absolute atomic E-state index is 0.204. The molecule has 0 aliphatic heterocycles. The second-order valence-electron chi connectivity index (χ2n) is 2.61. The van der Waals surface area contributed by atoms with Crippen molar-refractivity contribution in [1.29, 1.82) is 0 Å². The Morgan fingerprint density at radius 2 is 2.27 bits per heavy atom. The van der Waals surface area contributed by atoms with Crippen LogP contribution in [-0.2, 0) is 4.79 Å². The molecule has 1 unspecified atom stereocenters. The zero-order chi connectivity index (χ0) is 8.91. The molecule has 0 heterocycles. The van der Waals surface area contributed by atoms with Crippen LogP contribution in [-0.4, -0.2) is 23.3 Å². The highest BCUT2D eigenvalue weighted by atomic mass is 19.1. The van der Waals surface area contributed by atoms with Gasteiger partial charge in [-0.1, -0.05) is 6.92 Å². The summed E-state index contributed by atoms with van der Waals surface area (Å²) in [4.78, 5) is 10.5. The first-order valence-electron chi connectivity index (χ1n) is 3.65. The van der Waals surface area contributed by atoms with Gasteiger partial charge in [-0.15, -0.1) is 0 Å². The minimum atomic E-state index is -1.23. The Kier molecular flexibility index (Phi) is 4.03. The summed E-state index contributed by atoms with van der Waals surface area (Å²) < 4.78 is 11.7. The Bertz CT molecular complexity index is 140. The summed E-state index contributed by atoms with van der Waals surface area (Å²) in [5, 5.41) is 8.61. The van der Waals surface area contributed by atoms with Gasteiger partial charge in [0.15, 0.2) is 0 Å². The Morgan fingerprint density at radius 3 is 2.55 bits per heavy atom.